The van der Waals surface area contributed by atoms with Crippen molar-refractivity contribution in [3.05, 3.63) is 23.9 Å². The SMILES string of the molecule is OC1(CN2CCCC2)COCCN(c2ncccc2C(F)(F)F)C1. The highest BCUT2D eigenvalue weighted by Gasteiger charge is 2.40. The monoisotopic (exact) mass is 345 g/mol. The van der Waals surface area contributed by atoms with E-state index in [1.807, 2.05) is 0 Å². The van der Waals surface area contributed by atoms with Gasteiger partial charge in [-0.05, 0) is 38.1 Å². The summed E-state index contributed by atoms with van der Waals surface area (Å²) in [6, 6.07) is 2.30. The second kappa shape index (κ2) is 6.85. The van der Waals surface area contributed by atoms with E-state index in [1.54, 1.807) is 0 Å². The van der Waals surface area contributed by atoms with E-state index in [4.69, 9.17) is 4.74 Å². The van der Waals surface area contributed by atoms with Gasteiger partial charge in [0.25, 0.3) is 0 Å². The van der Waals surface area contributed by atoms with Crippen molar-refractivity contribution in [2.75, 3.05) is 50.8 Å². The number of nitrogens with zero attached hydrogens (tertiary/aromatic N) is 3. The lowest BCUT2D eigenvalue weighted by Crippen LogP contribution is -2.52. The Balaban J connectivity index is 1.82. The maximum Gasteiger partial charge on any atom is 0.419 e. The molecule has 5 nitrogen and oxygen atoms in total. The molecule has 2 fully saturated rings. The molecule has 0 amide bonds. The van der Waals surface area contributed by atoms with Gasteiger partial charge in [0, 0.05) is 19.3 Å². The minimum absolute atomic E-state index is 0.0730. The molecular weight excluding hydrogens is 323 g/mol. The van der Waals surface area contributed by atoms with Gasteiger partial charge in [0.1, 0.15) is 11.4 Å². The van der Waals surface area contributed by atoms with E-state index < -0.39 is 17.3 Å². The highest BCUT2D eigenvalue weighted by Crippen LogP contribution is 2.36. The normalized spacial score (nSPS) is 26.6. The third kappa shape index (κ3) is 3.99. The number of halogens is 3. The molecular formula is C16H22F3N3O2. The van der Waals surface area contributed by atoms with Crippen LogP contribution in [0.5, 0.6) is 0 Å². The Labute approximate surface area is 139 Å². The molecule has 0 bridgehead atoms. The summed E-state index contributed by atoms with van der Waals surface area (Å²) < 4.78 is 45.2. The van der Waals surface area contributed by atoms with Crippen molar-refractivity contribution in [2.24, 2.45) is 0 Å². The van der Waals surface area contributed by atoms with Crippen molar-refractivity contribution in [3.8, 4) is 0 Å². The molecule has 2 aliphatic rings. The van der Waals surface area contributed by atoms with E-state index in [0.29, 0.717) is 6.54 Å². The number of β-amino-alcohol motifs (C(OH)–C–C–N with tert-alkyl or cyclic N) is 1. The van der Waals surface area contributed by atoms with Gasteiger partial charge in [0.15, 0.2) is 0 Å². The van der Waals surface area contributed by atoms with Gasteiger partial charge >= 0.3 is 6.18 Å². The number of hydrogen-bond acceptors (Lipinski definition) is 5. The first-order valence-corrected chi connectivity index (χ1v) is 8.17. The molecule has 2 saturated heterocycles. The zero-order valence-corrected chi connectivity index (χ0v) is 13.4. The molecule has 3 heterocycles. The average molecular weight is 345 g/mol. The molecule has 0 saturated carbocycles. The van der Waals surface area contributed by atoms with E-state index >= 15 is 0 Å². The third-order valence-electron chi connectivity index (χ3n) is 4.47. The summed E-state index contributed by atoms with van der Waals surface area (Å²) in [6.45, 7) is 2.92. The maximum atomic E-state index is 13.3. The lowest BCUT2D eigenvalue weighted by atomic mass is 10.0. The molecule has 3 rings (SSSR count). The van der Waals surface area contributed by atoms with Crippen molar-refractivity contribution in [2.45, 2.75) is 24.6 Å². The molecule has 0 aromatic carbocycles. The Hall–Kier alpha value is -1.38. The summed E-state index contributed by atoms with van der Waals surface area (Å²) in [7, 11) is 0. The minimum atomic E-state index is -4.48. The summed E-state index contributed by atoms with van der Waals surface area (Å²) in [6.07, 6.45) is -0.974. The highest BCUT2D eigenvalue weighted by atomic mass is 19.4. The summed E-state index contributed by atoms with van der Waals surface area (Å²) in [4.78, 5) is 7.56. The molecule has 2 aliphatic heterocycles. The van der Waals surface area contributed by atoms with E-state index in [-0.39, 0.29) is 32.1 Å². The molecule has 8 heteroatoms. The predicted octanol–water partition coefficient (Wildman–Crippen LogP) is 1.76. The van der Waals surface area contributed by atoms with Gasteiger partial charge in [0.2, 0.25) is 0 Å². The van der Waals surface area contributed by atoms with Crippen LogP contribution in [-0.4, -0.2) is 66.5 Å². The quantitative estimate of drug-likeness (QED) is 0.905. The first kappa shape index (κ1) is 17.4. The van der Waals surface area contributed by atoms with E-state index in [1.165, 1.54) is 17.2 Å². The van der Waals surface area contributed by atoms with Gasteiger partial charge in [-0.25, -0.2) is 4.98 Å². The van der Waals surface area contributed by atoms with Gasteiger partial charge in [-0.15, -0.1) is 0 Å². The van der Waals surface area contributed by atoms with Crippen molar-refractivity contribution < 1.29 is 23.0 Å². The number of aliphatic hydroxyl groups is 1. The van der Waals surface area contributed by atoms with E-state index in [2.05, 4.69) is 9.88 Å². The third-order valence-corrected chi connectivity index (χ3v) is 4.47. The fourth-order valence-electron chi connectivity index (χ4n) is 3.42. The molecule has 1 aromatic rings. The number of ether oxygens (including phenoxy) is 1. The Bertz CT molecular complexity index is 564. The van der Waals surface area contributed by atoms with Crippen molar-refractivity contribution >= 4 is 5.82 Å². The van der Waals surface area contributed by atoms with Crippen LogP contribution >= 0.6 is 0 Å². The number of alkyl halides is 3. The highest BCUT2D eigenvalue weighted by molar-refractivity contribution is 5.49. The van der Waals surface area contributed by atoms with E-state index in [0.717, 1.165) is 32.0 Å². The lowest BCUT2D eigenvalue weighted by Gasteiger charge is -2.35. The van der Waals surface area contributed by atoms with Gasteiger partial charge in [-0.3, -0.25) is 0 Å². The van der Waals surface area contributed by atoms with Crippen LogP contribution in [0, 0.1) is 0 Å². The molecule has 1 aromatic heterocycles. The average Bonchev–Trinajstić information content (AvgIpc) is 2.94. The number of hydrogen-bond donors (Lipinski definition) is 1. The predicted molar refractivity (Wildman–Crippen MR) is 82.9 cm³/mol. The Kier molecular flexibility index (Phi) is 4.98. The van der Waals surface area contributed by atoms with Crippen molar-refractivity contribution in [1.29, 1.82) is 0 Å². The number of rotatable bonds is 3. The summed E-state index contributed by atoms with van der Waals surface area (Å²) in [5.74, 6) is -0.143. The van der Waals surface area contributed by atoms with Gasteiger partial charge in [-0.2, -0.15) is 13.2 Å². The zero-order valence-electron chi connectivity index (χ0n) is 13.4. The molecule has 24 heavy (non-hydrogen) atoms. The second-order valence-corrected chi connectivity index (χ2v) is 6.55. The minimum Gasteiger partial charge on any atom is -0.384 e. The summed E-state index contributed by atoms with van der Waals surface area (Å²) in [5.41, 5.74) is -1.99. The smallest absolute Gasteiger partial charge is 0.384 e. The molecule has 134 valence electrons. The summed E-state index contributed by atoms with van der Waals surface area (Å²) in [5, 5.41) is 10.9. The van der Waals surface area contributed by atoms with Gasteiger partial charge in [0.05, 0.1) is 25.3 Å². The number of aromatic nitrogens is 1. The van der Waals surface area contributed by atoms with Crippen LogP contribution in [0.15, 0.2) is 18.3 Å². The number of anilines is 1. The molecule has 1 unspecified atom stereocenters. The Morgan fingerprint density at radius 1 is 1.25 bits per heavy atom. The topological polar surface area (TPSA) is 48.8 Å². The number of likely N-dealkylation sites (tertiary alicyclic amines) is 1. The fraction of sp³-hybridized carbons (Fsp3) is 0.688. The molecule has 0 aliphatic carbocycles. The molecule has 1 atom stereocenters. The van der Waals surface area contributed by atoms with Crippen molar-refractivity contribution in [1.82, 2.24) is 9.88 Å². The van der Waals surface area contributed by atoms with Crippen LogP contribution in [0.4, 0.5) is 19.0 Å². The van der Waals surface area contributed by atoms with Crippen LogP contribution in [0.2, 0.25) is 0 Å². The van der Waals surface area contributed by atoms with Crippen molar-refractivity contribution in [3.63, 3.8) is 0 Å². The maximum absolute atomic E-state index is 13.3. The zero-order chi connectivity index (χ0) is 17.2. The standard InChI is InChI=1S/C16H22F3N3O2/c17-16(18,19)13-4-3-5-20-14(13)22-8-9-24-12-15(23,11-22)10-21-6-1-2-7-21/h3-5,23H,1-2,6-12H2. The summed E-state index contributed by atoms with van der Waals surface area (Å²) >= 11 is 0. The first-order valence-electron chi connectivity index (χ1n) is 8.17. The largest absolute Gasteiger partial charge is 0.419 e. The Morgan fingerprint density at radius 3 is 2.71 bits per heavy atom. The van der Waals surface area contributed by atoms with Crippen LogP contribution in [0.3, 0.4) is 0 Å². The molecule has 1 N–H and O–H groups in total. The second-order valence-electron chi connectivity index (χ2n) is 6.55. The Morgan fingerprint density at radius 2 is 2.00 bits per heavy atom. The lowest BCUT2D eigenvalue weighted by molar-refractivity contribution is -0.137. The van der Waals surface area contributed by atoms with Crippen LogP contribution in [-0.2, 0) is 10.9 Å². The van der Waals surface area contributed by atoms with Crippen LogP contribution < -0.4 is 4.90 Å². The number of pyridine rings is 1. The van der Waals surface area contributed by atoms with Gasteiger partial charge in [-0.1, -0.05) is 0 Å². The van der Waals surface area contributed by atoms with Crippen LogP contribution in [0.1, 0.15) is 18.4 Å². The first-order chi connectivity index (χ1) is 11.4. The van der Waals surface area contributed by atoms with E-state index in [9.17, 15) is 18.3 Å². The van der Waals surface area contributed by atoms with Gasteiger partial charge < -0.3 is 19.6 Å². The fourth-order valence-corrected chi connectivity index (χ4v) is 3.42. The molecule has 0 radical (unpaired) electrons. The molecule has 0 spiro atoms. The van der Waals surface area contributed by atoms with Crippen LogP contribution in [0.25, 0.3) is 0 Å².